The number of fused-ring (bicyclic) bond motifs is 1. The molecule has 3 aromatic rings. The van der Waals surface area contributed by atoms with Gasteiger partial charge in [0.25, 0.3) is 0 Å². The molecule has 0 spiro atoms. The third-order valence-corrected chi connectivity index (χ3v) is 4.03. The molecule has 0 aliphatic heterocycles. The van der Waals surface area contributed by atoms with Crippen LogP contribution in [-0.2, 0) is 11.3 Å². The summed E-state index contributed by atoms with van der Waals surface area (Å²) in [6.07, 6.45) is 4.15. The van der Waals surface area contributed by atoms with Crippen LogP contribution in [0.25, 0.3) is 10.9 Å². The molecule has 0 unspecified atom stereocenters. The molecule has 118 valence electrons. The highest BCUT2D eigenvalue weighted by atomic mass is 16.5. The molecule has 4 rings (SSSR count). The van der Waals surface area contributed by atoms with Crippen LogP contribution in [0.1, 0.15) is 24.6 Å². The molecule has 1 aliphatic rings. The largest absolute Gasteiger partial charge is 0.496 e. The summed E-state index contributed by atoms with van der Waals surface area (Å²) in [7, 11) is 1.64. The van der Waals surface area contributed by atoms with Crippen LogP contribution in [0.3, 0.4) is 0 Å². The van der Waals surface area contributed by atoms with Crippen LogP contribution in [0.4, 0.5) is 5.95 Å². The van der Waals surface area contributed by atoms with E-state index in [0.29, 0.717) is 11.9 Å². The first-order valence-corrected chi connectivity index (χ1v) is 7.58. The summed E-state index contributed by atoms with van der Waals surface area (Å²) < 4.78 is 7.21. The van der Waals surface area contributed by atoms with Gasteiger partial charge in [0.15, 0.2) is 0 Å². The van der Waals surface area contributed by atoms with Gasteiger partial charge in [-0.25, -0.2) is 0 Å². The molecule has 1 aliphatic carbocycles. The molecule has 1 amide bonds. The second-order valence-corrected chi connectivity index (χ2v) is 5.70. The minimum Gasteiger partial charge on any atom is -0.496 e. The van der Waals surface area contributed by atoms with Crippen molar-refractivity contribution in [2.24, 2.45) is 0 Å². The number of aromatic nitrogens is 4. The van der Waals surface area contributed by atoms with Crippen molar-refractivity contribution in [3.63, 3.8) is 0 Å². The van der Waals surface area contributed by atoms with Gasteiger partial charge in [-0.3, -0.25) is 15.2 Å². The zero-order chi connectivity index (χ0) is 15.8. The van der Waals surface area contributed by atoms with Crippen LogP contribution in [-0.4, -0.2) is 32.8 Å². The Hall–Kier alpha value is -2.83. The summed E-state index contributed by atoms with van der Waals surface area (Å²) in [5, 5.41) is 10.6. The van der Waals surface area contributed by atoms with E-state index in [4.69, 9.17) is 4.74 Å². The molecule has 0 atom stereocenters. The number of H-pyrrole nitrogens is 1. The van der Waals surface area contributed by atoms with Crippen molar-refractivity contribution in [2.75, 3.05) is 12.4 Å². The number of nitrogens with zero attached hydrogens (tertiary/aromatic N) is 3. The van der Waals surface area contributed by atoms with E-state index in [1.807, 2.05) is 35.0 Å². The minimum absolute atomic E-state index is 0.160. The number of hydrogen-bond acceptors (Lipinski definition) is 4. The van der Waals surface area contributed by atoms with Crippen molar-refractivity contribution >= 4 is 22.8 Å². The fourth-order valence-corrected chi connectivity index (χ4v) is 2.70. The van der Waals surface area contributed by atoms with Crippen molar-refractivity contribution in [3.8, 4) is 5.75 Å². The van der Waals surface area contributed by atoms with Gasteiger partial charge in [-0.15, -0.1) is 5.10 Å². The number of aromatic amines is 1. The fraction of sp³-hybridized carbons (Fsp3) is 0.312. The number of amides is 1. The topological polar surface area (TPSA) is 84.8 Å². The Balaban J connectivity index is 1.49. The summed E-state index contributed by atoms with van der Waals surface area (Å²) in [5.74, 6) is 2.31. The van der Waals surface area contributed by atoms with E-state index in [1.165, 1.54) is 0 Å². The van der Waals surface area contributed by atoms with Crippen molar-refractivity contribution in [2.45, 2.75) is 25.3 Å². The lowest BCUT2D eigenvalue weighted by atomic mass is 10.2. The predicted molar refractivity (Wildman–Crippen MR) is 85.5 cm³/mol. The van der Waals surface area contributed by atoms with Gasteiger partial charge in [-0.1, -0.05) is 6.07 Å². The second kappa shape index (κ2) is 5.42. The van der Waals surface area contributed by atoms with Crippen molar-refractivity contribution in [1.29, 1.82) is 0 Å². The van der Waals surface area contributed by atoms with E-state index >= 15 is 0 Å². The Morgan fingerprint density at radius 3 is 3.09 bits per heavy atom. The number of benzene rings is 1. The van der Waals surface area contributed by atoms with Gasteiger partial charge in [0, 0.05) is 17.5 Å². The molecule has 2 N–H and O–H groups in total. The van der Waals surface area contributed by atoms with Crippen molar-refractivity contribution in [1.82, 2.24) is 19.7 Å². The van der Waals surface area contributed by atoms with Gasteiger partial charge < -0.3 is 9.30 Å². The molecule has 0 bridgehead atoms. The number of rotatable bonds is 5. The molecule has 7 heteroatoms. The Morgan fingerprint density at radius 1 is 1.43 bits per heavy atom. The zero-order valence-corrected chi connectivity index (χ0v) is 12.7. The Morgan fingerprint density at radius 2 is 2.30 bits per heavy atom. The van der Waals surface area contributed by atoms with E-state index in [1.54, 1.807) is 7.11 Å². The second-order valence-electron chi connectivity index (χ2n) is 5.70. The smallest absolute Gasteiger partial charge is 0.248 e. The van der Waals surface area contributed by atoms with Gasteiger partial charge in [0.2, 0.25) is 11.9 Å². The lowest BCUT2D eigenvalue weighted by Crippen LogP contribution is -2.19. The van der Waals surface area contributed by atoms with Gasteiger partial charge in [0.1, 0.15) is 18.1 Å². The minimum atomic E-state index is -0.160. The molecule has 2 heterocycles. The molecule has 23 heavy (non-hydrogen) atoms. The molecule has 1 fully saturated rings. The van der Waals surface area contributed by atoms with Crippen molar-refractivity contribution < 1.29 is 9.53 Å². The number of carbonyl (C=O) groups excluding carboxylic acids is 1. The predicted octanol–water partition coefficient (Wildman–Crippen LogP) is 2.28. The van der Waals surface area contributed by atoms with Crippen molar-refractivity contribution in [3.05, 3.63) is 36.3 Å². The molecule has 0 saturated heterocycles. The maximum atomic E-state index is 12.2. The number of carbonyl (C=O) groups is 1. The first kappa shape index (κ1) is 13.8. The molecule has 7 nitrogen and oxygen atoms in total. The molecule has 0 radical (unpaired) electrons. The van der Waals surface area contributed by atoms with E-state index < -0.39 is 0 Å². The van der Waals surface area contributed by atoms with Gasteiger partial charge in [0.05, 0.1) is 12.6 Å². The molecular weight excluding hydrogens is 294 g/mol. The number of hydrogen-bond donors (Lipinski definition) is 2. The quantitative estimate of drug-likeness (QED) is 0.757. The first-order chi connectivity index (χ1) is 11.2. The highest BCUT2D eigenvalue weighted by Gasteiger charge is 2.27. The standard InChI is InChI=1S/C16H17N5O2/c1-23-13-4-2-3-12-11(13)7-8-21(12)9-14(22)17-16-18-15(19-20-16)10-5-6-10/h2-4,7-8,10H,5-6,9H2,1H3,(H2,17,18,19,20,22). The van der Waals surface area contributed by atoms with Crippen LogP contribution in [0.2, 0.25) is 0 Å². The van der Waals surface area contributed by atoms with Crippen LogP contribution < -0.4 is 10.1 Å². The van der Waals surface area contributed by atoms with Crippen LogP contribution in [0.15, 0.2) is 30.5 Å². The first-order valence-electron chi connectivity index (χ1n) is 7.58. The Kier molecular flexibility index (Phi) is 3.25. The summed E-state index contributed by atoms with van der Waals surface area (Å²) in [6, 6.07) is 7.72. The maximum Gasteiger partial charge on any atom is 0.248 e. The lowest BCUT2D eigenvalue weighted by Gasteiger charge is -2.06. The average Bonchev–Trinajstić information content (AvgIpc) is 3.18. The molecule has 1 saturated carbocycles. The monoisotopic (exact) mass is 311 g/mol. The summed E-state index contributed by atoms with van der Waals surface area (Å²) in [5.41, 5.74) is 0.952. The van der Waals surface area contributed by atoms with Gasteiger partial charge in [-0.05, 0) is 31.0 Å². The summed E-state index contributed by atoms with van der Waals surface area (Å²) >= 11 is 0. The average molecular weight is 311 g/mol. The van der Waals surface area contributed by atoms with E-state index in [-0.39, 0.29) is 12.5 Å². The lowest BCUT2D eigenvalue weighted by molar-refractivity contribution is -0.116. The van der Waals surface area contributed by atoms with Gasteiger partial charge in [-0.2, -0.15) is 4.98 Å². The highest BCUT2D eigenvalue weighted by molar-refractivity contribution is 5.92. The van der Waals surface area contributed by atoms with Crippen LogP contribution in [0, 0.1) is 0 Å². The van der Waals surface area contributed by atoms with E-state index in [9.17, 15) is 4.79 Å². The highest BCUT2D eigenvalue weighted by Crippen LogP contribution is 2.38. The van der Waals surface area contributed by atoms with Gasteiger partial charge >= 0.3 is 0 Å². The van der Waals surface area contributed by atoms with E-state index in [2.05, 4.69) is 20.5 Å². The normalized spacial score (nSPS) is 14.1. The summed E-state index contributed by atoms with van der Waals surface area (Å²) in [6.45, 7) is 0.198. The molecule has 2 aromatic heterocycles. The Bertz CT molecular complexity index is 862. The number of methoxy groups -OCH3 is 1. The van der Waals surface area contributed by atoms with Crippen LogP contribution in [0.5, 0.6) is 5.75 Å². The molecule has 1 aromatic carbocycles. The third-order valence-electron chi connectivity index (χ3n) is 4.03. The van der Waals surface area contributed by atoms with Crippen LogP contribution >= 0.6 is 0 Å². The zero-order valence-electron chi connectivity index (χ0n) is 12.7. The Labute approximate surface area is 132 Å². The fourth-order valence-electron chi connectivity index (χ4n) is 2.70. The number of ether oxygens (including phenoxy) is 1. The maximum absolute atomic E-state index is 12.2. The number of nitrogens with one attached hydrogen (secondary N) is 2. The number of anilines is 1. The summed E-state index contributed by atoms with van der Waals surface area (Å²) in [4.78, 5) is 16.5. The third kappa shape index (κ3) is 2.65. The SMILES string of the molecule is COc1cccc2c1ccn2CC(=O)Nc1n[nH]c(C2CC2)n1. The molecular formula is C16H17N5O2. The van der Waals surface area contributed by atoms with E-state index in [0.717, 1.165) is 35.3 Å².